The Hall–Kier alpha value is -2.89. The number of rotatable bonds is 4. The van der Waals surface area contributed by atoms with Gasteiger partial charge in [-0.1, -0.05) is 0 Å². The lowest BCUT2D eigenvalue weighted by molar-refractivity contribution is -0.129. The highest BCUT2D eigenvalue weighted by Crippen LogP contribution is 2.23. The number of benzene rings is 1. The van der Waals surface area contributed by atoms with Crippen molar-refractivity contribution in [3.05, 3.63) is 52.5 Å². The summed E-state index contributed by atoms with van der Waals surface area (Å²) >= 11 is 0. The molecule has 0 unspecified atom stereocenters. The number of nitrogens with zero attached hydrogens (tertiary/aromatic N) is 3. The Morgan fingerprint density at radius 1 is 1.25 bits per heavy atom. The van der Waals surface area contributed by atoms with Crippen molar-refractivity contribution in [2.24, 2.45) is 12.0 Å². The lowest BCUT2D eigenvalue weighted by Gasteiger charge is -2.03. The lowest BCUT2D eigenvalue weighted by Crippen LogP contribution is -2.05. The topological polar surface area (TPSA) is 65.7 Å². The SMILES string of the molecule is CCOc1ccc(C2=N/C(=C\c3c(C)nn(C)c3C)C(=O)O2)cc1. The molecule has 124 valence electrons. The van der Waals surface area contributed by atoms with Crippen LogP contribution in [0.15, 0.2) is 35.0 Å². The summed E-state index contributed by atoms with van der Waals surface area (Å²) in [6.07, 6.45) is 1.72. The Morgan fingerprint density at radius 3 is 2.54 bits per heavy atom. The normalized spacial score (nSPS) is 15.6. The standard InChI is InChI=1S/C18H19N3O3/c1-5-23-14-8-6-13(7-9-14)17-19-16(18(22)24-17)10-15-11(2)20-21(4)12(15)3/h6-10H,5H2,1-4H3/b16-10-. The second-order valence-corrected chi connectivity index (χ2v) is 5.50. The first-order valence-corrected chi connectivity index (χ1v) is 7.75. The Kier molecular flexibility index (Phi) is 4.20. The maximum Gasteiger partial charge on any atom is 0.363 e. The third-order valence-corrected chi connectivity index (χ3v) is 3.88. The first kappa shape index (κ1) is 16.0. The molecular weight excluding hydrogens is 306 g/mol. The molecule has 1 aliphatic heterocycles. The number of cyclic esters (lactones) is 1. The van der Waals surface area contributed by atoms with Crippen LogP contribution in [0.1, 0.15) is 29.4 Å². The molecule has 0 aliphatic carbocycles. The second kappa shape index (κ2) is 6.31. The molecule has 0 saturated carbocycles. The van der Waals surface area contributed by atoms with Crippen molar-refractivity contribution >= 4 is 17.9 Å². The van der Waals surface area contributed by atoms with Crippen molar-refractivity contribution in [2.45, 2.75) is 20.8 Å². The molecule has 1 aromatic carbocycles. The monoisotopic (exact) mass is 325 g/mol. The largest absolute Gasteiger partial charge is 0.494 e. The average molecular weight is 325 g/mol. The van der Waals surface area contributed by atoms with Crippen LogP contribution < -0.4 is 4.74 Å². The van der Waals surface area contributed by atoms with Crippen molar-refractivity contribution < 1.29 is 14.3 Å². The summed E-state index contributed by atoms with van der Waals surface area (Å²) in [5, 5.41) is 4.34. The number of aryl methyl sites for hydroxylation is 2. The van der Waals surface area contributed by atoms with E-state index < -0.39 is 5.97 Å². The van der Waals surface area contributed by atoms with Crippen LogP contribution in [0.25, 0.3) is 6.08 Å². The zero-order valence-corrected chi connectivity index (χ0v) is 14.2. The Balaban J connectivity index is 1.91. The fourth-order valence-corrected chi connectivity index (χ4v) is 2.53. The summed E-state index contributed by atoms with van der Waals surface area (Å²) in [5.74, 6) is 0.610. The first-order chi connectivity index (χ1) is 11.5. The van der Waals surface area contributed by atoms with Crippen LogP contribution in [0.5, 0.6) is 5.75 Å². The van der Waals surface area contributed by atoms with Crippen molar-refractivity contribution in [1.29, 1.82) is 0 Å². The summed E-state index contributed by atoms with van der Waals surface area (Å²) in [6, 6.07) is 7.29. The number of carbonyl (C=O) groups is 1. The van der Waals surface area contributed by atoms with Crippen molar-refractivity contribution in [1.82, 2.24) is 9.78 Å². The maximum atomic E-state index is 12.1. The highest BCUT2D eigenvalue weighted by Gasteiger charge is 2.25. The van der Waals surface area contributed by atoms with E-state index >= 15 is 0 Å². The molecule has 0 radical (unpaired) electrons. The average Bonchev–Trinajstić information content (AvgIpc) is 3.04. The Labute approximate surface area is 140 Å². The molecule has 0 N–H and O–H groups in total. The molecule has 1 aliphatic rings. The number of esters is 1. The van der Waals surface area contributed by atoms with Gasteiger partial charge in [-0.15, -0.1) is 0 Å². The molecule has 0 bridgehead atoms. The highest BCUT2D eigenvalue weighted by atomic mass is 16.6. The molecule has 0 atom stereocenters. The van der Waals surface area contributed by atoms with Crippen LogP contribution in [0.2, 0.25) is 0 Å². The van der Waals surface area contributed by atoms with Gasteiger partial charge in [0.15, 0.2) is 5.70 Å². The van der Waals surface area contributed by atoms with Crippen LogP contribution in [0.4, 0.5) is 0 Å². The zero-order valence-electron chi connectivity index (χ0n) is 14.2. The van der Waals surface area contributed by atoms with E-state index in [1.54, 1.807) is 10.8 Å². The van der Waals surface area contributed by atoms with Gasteiger partial charge < -0.3 is 9.47 Å². The molecule has 0 spiro atoms. The predicted molar refractivity (Wildman–Crippen MR) is 90.9 cm³/mol. The van der Waals surface area contributed by atoms with Gasteiger partial charge in [0.1, 0.15) is 5.75 Å². The molecule has 2 heterocycles. The van der Waals surface area contributed by atoms with Gasteiger partial charge in [-0.2, -0.15) is 5.10 Å². The van der Waals surface area contributed by atoms with E-state index in [-0.39, 0.29) is 5.70 Å². The number of ether oxygens (including phenoxy) is 2. The second-order valence-electron chi connectivity index (χ2n) is 5.50. The van der Waals surface area contributed by atoms with Crippen molar-refractivity contribution in [3.63, 3.8) is 0 Å². The van der Waals surface area contributed by atoms with Crippen LogP contribution in [0.3, 0.4) is 0 Å². The molecular formula is C18H19N3O3. The minimum Gasteiger partial charge on any atom is -0.494 e. The molecule has 2 aromatic rings. The molecule has 0 fully saturated rings. The van der Waals surface area contributed by atoms with E-state index in [0.29, 0.717) is 12.5 Å². The summed E-state index contributed by atoms with van der Waals surface area (Å²) in [6.45, 7) is 6.38. The van der Waals surface area contributed by atoms with E-state index in [1.807, 2.05) is 52.1 Å². The number of aromatic nitrogens is 2. The van der Waals surface area contributed by atoms with Crippen molar-refractivity contribution in [3.8, 4) is 5.75 Å². The van der Waals surface area contributed by atoms with E-state index in [9.17, 15) is 4.79 Å². The number of hydrogen-bond acceptors (Lipinski definition) is 5. The van der Waals surface area contributed by atoms with Gasteiger partial charge in [-0.3, -0.25) is 4.68 Å². The first-order valence-electron chi connectivity index (χ1n) is 7.75. The third kappa shape index (κ3) is 2.95. The Bertz CT molecular complexity index is 845. The summed E-state index contributed by atoms with van der Waals surface area (Å²) in [7, 11) is 1.87. The van der Waals surface area contributed by atoms with Gasteiger partial charge >= 0.3 is 5.97 Å². The van der Waals surface area contributed by atoms with Crippen LogP contribution in [0, 0.1) is 13.8 Å². The fourth-order valence-electron chi connectivity index (χ4n) is 2.53. The molecule has 6 heteroatoms. The van der Waals surface area contributed by atoms with E-state index in [2.05, 4.69) is 10.1 Å². The van der Waals surface area contributed by atoms with Gasteiger partial charge in [0.05, 0.1) is 12.3 Å². The van der Waals surface area contributed by atoms with Crippen molar-refractivity contribution in [2.75, 3.05) is 6.61 Å². The maximum absolute atomic E-state index is 12.1. The number of carbonyl (C=O) groups excluding carboxylic acids is 1. The number of aliphatic imine (C=N–C) groups is 1. The molecule has 3 rings (SSSR count). The summed E-state index contributed by atoms with van der Waals surface area (Å²) < 4.78 is 12.5. The van der Waals surface area contributed by atoms with E-state index in [1.165, 1.54) is 0 Å². The molecule has 24 heavy (non-hydrogen) atoms. The van der Waals surface area contributed by atoms with Gasteiger partial charge in [0.25, 0.3) is 0 Å². The predicted octanol–water partition coefficient (Wildman–Crippen LogP) is 2.78. The van der Waals surface area contributed by atoms with Gasteiger partial charge in [0.2, 0.25) is 5.90 Å². The lowest BCUT2D eigenvalue weighted by atomic mass is 10.1. The minimum atomic E-state index is -0.457. The van der Waals surface area contributed by atoms with Crippen LogP contribution in [-0.2, 0) is 16.6 Å². The minimum absolute atomic E-state index is 0.276. The van der Waals surface area contributed by atoms with E-state index in [0.717, 1.165) is 28.3 Å². The molecule has 1 aromatic heterocycles. The molecule has 6 nitrogen and oxygen atoms in total. The zero-order chi connectivity index (χ0) is 17.3. The smallest absolute Gasteiger partial charge is 0.363 e. The quantitative estimate of drug-likeness (QED) is 0.640. The van der Waals surface area contributed by atoms with Crippen LogP contribution >= 0.6 is 0 Å². The van der Waals surface area contributed by atoms with Crippen LogP contribution in [-0.4, -0.2) is 28.3 Å². The highest BCUT2D eigenvalue weighted by molar-refractivity contribution is 6.12. The molecule has 0 amide bonds. The number of hydrogen-bond donors (Lipinski definition) is 0. The summed E-state index contributed by atoms with van der Waals surface area (Å²) in [4.78, 5) is 16.4. The fraction of sp³-hybridized carbons (Fsp3) is 0.278. The van der Waals surface area contributed by atoms with E-state index in [4.69, 9.17) is 9.47 Å². The summed E-state index contributed by atoms with van der Waals surface area (Å²) in [5.41, 5.74) is 3.71. The third-order valence-electron chi connectivity index (χ3n) is 3.88. The Morgan fingerprint density at radius 2 is 1.96 bits per heavy atom. The van der Waals surface area contributed by atoms with Gasteiger partial charge in [-0.25, -0.2) is 9.79 Å². The molecule has 0 saturated heterocycles. The van der Waals surface area contributed by atoms with Gasteiger partial charge in [-0.05, 0) is 51.1 Å². The van der Waals surface area contributed by atoms with Gasteiger partial charge in [0, 0.05) is 23.9 Å².